The minimum absolute atomic E-state index is 0. The number of hydrogen-bond acceptors (Lipinski definition) is 3. The number of carbonyl (C=O) groups is 1. The highest BCUT2D eigenvalue weighted by atomic mass is 35.5. The van der Waals surface area contributed by atoms with E-state index in [0.29, 0.717) is 6.54 Å². The van der Waals surface area contributed by atoms with Crippen molar-refractivity contribution in [1.82, 2.24) is 10.6 Å². The molecule has 134 valence electrons. The van der Waals surface area contributed by atoms with Gasteiger partial charge in [-0.25, -0.2) is 0 Å². The Bertz CT molecular complexity index is 542. The van der Waals surface area contributed by atoms with E-state index < -0.39 is 0 Å². The first-order chi connectivity index (χ1) is 11.2. The molecule has 24 heavy (non-hydrogen) atoms. The number of ether oxygens (including phenoxy) is 1. The highest BCUT2D eigenvalue weighted by Gasteiger charge is 2.20. The molecule has 0 spiro atoms. The summed E-state index contributed by atoms with van der Waals surface area (Å²) in [5, 5.41) is 6.35. The maximum atomic E-state index is 12.3. The summed E-state index contributed by atoms with van der Waals surface area (Å²) in [6, 6.07) is 6.44. The molecular formula is C19H29ClN2O2. The van der Waals surface area contributed by atoms with Crippen molar-refractivity contribution in [1.29, 1.82) is 0 Å². The summed E-state index contributed by atoms with van der Waals surface area (Å²) in [5.41, 5.74) is 3.87. The van der Waals surface area contributed by atoms with E-state index in [2.05, 4.69) is 28.8 Å². The number of hydrogen-bond donors (Lipinski definition) is 2. The number of halogens is 1. The van der Waals surface area contributed by atoms with Crippen LogP contribution in [-0.4, -0.2) is 18.1 Å². The van der Waals surface area contributed by atoms with Gasteiger partial charge in [0.1, 0.15) is 6.10 Å². The molecule has 1 heterocycles. The highest BCUT2D eigenvalue weighted by molar-refractivity contribution is 5.85. The van der Waals surface area contributed by atoms with Gasteiger partial charge in [-0.15, -0.1) is 12.4 Å². The smallest absolute Gasteiger partial charge is 0.249 e. The van der Waals surface area contributed by atoms with Crippen molar-refractivity contribution in [3.63, 3.8) is 0 Å². The first kappa shape index (κ1) is 19.2. The molecule has 1 aliphatic carbocycles. The van der Waals surface area contributed by atoms with Gasteiger partial charge in [0, 0.05) is 19.6 Å². The van der Waals surface area contributed by atoms with Gasteiger partial charge in [-0.3, -0.25) is 4.79 Å². The first-order valence-electron chi connectivity index (χ1n) is 8.97. The Morgan fingerprint density at radius 1 is 1.21 bits per heavy atom. The fourth-order valence-corrected chi connectivity index (χ4v) is 3.52. The van der Waals surface area contributed by atoms with Crippen molar-refractivity contribution in [2.75, 3.05) is 0 Å². The number of fused-ring (bicyclic) bond motifs is 1. The molecule has 1 unspecified atom stereocenters. The van der Waals surface area contributed by atoms with E-state index in [0.717, 1.165) is 31.5 Å². The monoisotopic (exact) mass is 352 g/mol. The first-order valence-corrected chi connectivity index (χ1v) is 8.97. The topological polar surface area (TPSA) is 50.4 Å². The van der Waals surface area contributed by atoms with E-state index >= 15 is 0 Å². The lowest BCUT2D eigenvalue weighted by Gasteiger charge is -2.20. The number of nitrogens with one attached hydrogen (secondary N) is 2. The molecule has 2 N–H and O–H groups in total. The molecule has 3 rings (SSSR count). The van der Waals surface area contributed by atoms with E-state index in [1.165, 1.54) is 36.8 Å². The van der Waals surface area contributed by atoms with Gasteiger partial charge in [-0.2, -0.15) is 0 Å². The molecule has 1 aromatic rings. The van der Waals surface area contributed by atoms with Crippen LogP contribution in [-0.2, 0) is 29.2 Å². The van der Waals surface area contributed by atoms with Crippen LogP contribution < -0.4 is 10.6 Å². The van der Waals surface area contributed by atoms with Gasteiger partial charge in [-0.05, 0) is 36.5 Å². The minimum Gasteiger partial charge on any atom is -0.365 e. The maximum Gasteiger partial charge on any atom is 0.249 e. The molecule has 1 atom stereocenters. The molecule has 1 aliphatic heterocycles. The van der Waals surface area contributed by atoms with Gasteiger partial charge in [0.05, 0.1) is 6.10 Å². The molecule has 0 bridgehead atoms. The van der Waals surface area contributed by atoms with E-state index in [-0.39, 0.29) is 30.5 Å². The average Bonchev–Trinajstić information content (AvgIpc) is 2.88. The van der Waals surface area contributed by atoms with Crippen LogP contribution in [0.4, 0.5) is 0 Å². The quantitative estimate of drug-likeness (QED) is 0.798. The molecule has 0 radical (unpaired) electrons. The summed E-state index contributed by atoms with van der Waals surface area (Å²) in [6.07, 6.45) is 7.12. The summed E-state index contributed by atoms with van der Waals surface area (Å²) in [6.45, 7) is 4.32. The molecule has 5 heteroatoms. The predicted octanol–water partition coefficient (Wildman–Crippen LogP) is 3.46. The van der Waals surface area contributed by atoms with Crippen LogP contribution in [0.15, 0.2) is 18.2 Å². The molecule has 4 nitrogen and oxygen atoms in total. The van der Waals surface area contributed by atoms with E-state index in [1.807, 2.05) is 6.92 Å². The van der Waals surface area contributed by atoms with Gasteiger partial charge in [-0.1, -0.05) is 43.9 Å². The third kappa shape index (κ3) is 5.20. The van der Waals surface area contributed by atoms with E-state index in [1.54, 1.807) is 0 Å². The fourth-order valence-electron chi connectivity index (χ4n) is 3.52. The Labute approximate surface area is 151 Å². The van der Waals surface area contributed by atoms with Crippen LogP contribution in [0.1, 0.15) is 62.1 Å². The largest absolute Gasteiger partial charge is 0.365 e. The van der Waals surface area contributed by atoms with Gasteiger partial charge in [0.15, 0.2) is 0 Å². The van der Waals surface area contributed by atoms with Crippen LogP contribution in [0.25, 0.3) is 0 Å². The second-order valence-electron chi connectivity index (χ2n) is 6.82. The Kier molecular flexibility index (Phi) is 7.53. The lowest BCUT2D eigenvalue weighted by atomic mass is 10.1. The zero-order valence-corrected chi connectivity index (χ0v) is 15.3. The molecule has 0 aromatic heterocycles. The fraction of sp³-hybridized carbons (Fsp3) is 0.632. The lowest BCUT2D eigenvalue weighted by Crippen LogP contribution is -2.36. The highest BCUT2D eigenvalue weighted by Crippen LogP contribution is 2.21. The molecule has 2 aliphatic rings. The predicted molar refractivity (Wildman–Crippen MR) is 98.1 cm³/mol. The van der Waals surface area contributed by atoms with Crippen molar-refractivity contribution in [3.05, 3.63) is 34.9 Å². The van der Waals surface area contributed by atoms with Crippen molar-refractivity contribution in [3.8, 4) is 0 Å². The van der Waals surface area contributed by atoms with Gasteiger partial charge >= 0.3 is 0 Å². The second-order valence-corrected chi connectivity index (χ2v) is 6.82. The average molecular weight is 353 g/mol. The van der Waals surface area contributed by atoms with Gasteiger partial charge < -0.3 is 15.4 Å². The molecule has 0 saturated heterocycles. The molecule has 1 fully saturated rings. The van der Waals surface area contributed by atoms with Crippen molar-refractivity contribution in [2.45, 2.75) is 77.3 Å². The standard InChI is InChI=1S/C19H28N2O2.ClH/c1-14(23-18-6-4-2-3-5-7-18)19(22)21-11-15-8-9-16-12-20-13-17(16)10-15;/h8-10,14,18,20H,2-7,11-13H2,1H3,(H,21,22);1H. The summed E-state index contributed by atoms with van der Waals surface area (Å²) in [4.78, 5) is 12.3. The maximum absolute atomic E-state index is 12.3. The molecule has 1 saturated carbocycles. The van der Waals surface area contributed by atoms with Gasteiger partial charge in [0.2, 0.25) is 5.91 Å². The lowest BCUT2D eigenvalue weighted by molar-refractivity contribution is -0.136. The normalized spacial score (nSPS) is 19.0. The van der Waals surface area contributed by atoms with Crippen LogP contribution in [0.5, 0.6) is 0 Å². The second kappa shape index (κ2) is 9.40. The molecular weight excluding hydrogens is 324 g/mol. The third-order valence-corrected chi connectivity index (χ3v) is 4.94. The summed E-state index contributed by atoms with van der Waals surface area (Å²) < 4.78 is 5.97. The Morgan fingerprint density at radius 2 is 1.92 bits per heavy atom. The van der Waals surface area contributed by atoms with Gasteiger partial charge in [0.25, 0.3) is 0 Å². The number of rotatable bonds is 5. The zero-order chi connectivity index (χ0) is 16.1. The molecule has 1 amide bonds. The minimum atomic E-state index is -0.366. The summed E-state index contributed by atoms with van der Waals surface area (Å²) >= 11 is 0. The van der Waals surface area contributed by atoms with Crippen LogP contribution in [0.2, 0.25) is 0 Å². The Hall–Kier alpha value is -1.10. The SMILES string of the molecule is CC(OC1CCCCCC1)C(=O)NCc1ccc2c(c1)CNC2.Cl. The van der Waals surface area contributed by atoms with Crippen molar-refractivity contribution < 1.29 is 9.53 Å². The Balaban J connectivity index is 0.00000208. The van der Waals surface area contributed by atoms with Crippen molar-refractivity contribution in [2.24, 2.45) is 0 Å². The third-order valence-electron chi connectivity index (χ3n) is 4.94. The summed E-state index contributed by atoms with van der Waals surface area (Å²) in [5.74, 6) is -0.00660. The molecule has 1 aromatic carbocycles. The van der Waals surface area contributed by atoms with Crippen LogP contribution in [0.3, 0.4) is 0 Å². The summed E-state index contributed by atoms with van der Waals surface area (Å²) in [7, 11) is 0. The van der Waals surface area contributed by atoms with Crippen LogP contribution >= 0.6 is 12.4 Å². The van der Waals surface area contributed by atoms with Crippen molar-refractivity contribution >= 4 is 18.3 Å². The Morgan fingerprint density at radius 3 is 2.67 bits per heavy atom. The van der Waals surface area contributed by atoms with Crippen LogP contribution in [0, 0.1) is 0 Å². The van der Waals surface area contributed by atoms with E-state index in [4.69, 9.17) is 4.74 Å². The number of benzene rings is 1. The zero-order valence-electron chi connectivity index (χ0n) is 14.5. The van der Waals surface area contributed by atoms with E-state index in [9.17, 15) is 4.79 Å². The number of carbonyl (C=O) groups excluding carboxylic acids is 1. The number of amides is 1.